The lowest BCUT2D eigenvalue weighted by Crippen LogP contribution is -2.17. The number of nitrogens with one attached hydrogen (secondary N) is 2. The molecule has 0 bridgehead atoms. The zero-order valence-corrected chi connectivity index (χ0v) is 11.3. The molecule has 0 aliphatic carbocycles. The molecular formula is C14H14F2N4O. The lowest BCUT2D eigenvalue weighted by atomic mass is 10.1. The Morgan fingerprint density at radius 2 is 1.95 bits per heavy atom. The standard InChI is InChI=1S/C14H14F2N4O/c1-2-9-6-8(7-12(18-9)20-17)14(21)19-13-10(15)4-3-5-11(13)16/h3-7H,2,17H2,1H3,(H,18,20)(H,19,21). The molecule has 1 aromatic heterocycles. The molecule has 5 nitrogen and oxygen atoms in total. The fourth-order valence-electron chi connectivity index (χ4n) is 1.78. The minimum Gasteiger partial charge on any atom is -0.317 e. The molecule has 7 heteroatoms. The lowest BCUT2D eigenvalue weighted by Gasteiger charge is -2.10. The second-order valence-electron chi connectivity index (χ2n) is 4.28. The van der Waals surface area contributed by atoms with Crippen LogP contribution in [0.25, 0.3) is 0 Å². The van der Waals surface area contributed by atoms with Gasteiger partial charge in [0, 0.05) is 11.3 Å². The van der Waals surface area contributed by atoms with Gasteiger partial charge in [0.2, 0.25) is 0 Å². The summed E-state index contributed by atoms with van der Waals surface area (Å²) in [4.78, 5) is 16.2. The van der Waals surface area contributed by atoms with E-state index in [2.05, 4.69) is 15.7 Å². The third kappa shape index (κ3) is 3.32. The molecule has 0 radical (unpaired) electrons. The quantitative estimate of drug-likeness (QED) is 0.597. The van der Waals surface area contributed by atoms with Gasteiger partial charge in [-0.2, -0.15) is 0 Å². The van der Waals surface area contributed by atoms with Crippen LogP contribution < -0.4 is 16.6 Å². The average molecular weight is 292 g/mol. The van der Waals surface area contributed by atoms with Crippen LogP contribution in [-0.4, -0.2) is 10.9 Å². The molecule has 0 atom stereocenters. The van der Waals surface area contributed by atoms with Crippen LogP contribution in [0.2, 0.25) is 0 Å². The van der Waals surface area contributed by atoms with Crippen LogP contribution in [0.5, 0.6) is 0 Å². The Bertz CT molecular complexity index is 634. The van der Waals surface area contributed by atoms with Crippen molar-refractivity contribution in [3.8, 4) is 0 Å². The number of aromatic nitrogens is 1. The van der Waals surface area contributed by atoms with E-state index in [9.17, 15) is 13.6 Å². The number of pyridine rings is 1. The van der Waals surface area contributed by atoms with E-state index in [4.69, 9.17) is 5.84 Å². The van der Waals surface area contributed by atoms with E-state index in [1.165, 1.54) is 18.2 Å². The second kappa shape index (κ2) is 6.27. The van der Waals surface area contributed by atoms with Crippen LogP contribution in [-0.2, 0) is 6.42 Å². The number of benzene rings is 1. The molecule has 0 unspecified atom stereocenters. The molecule has 1 aromatic carbocycles. The summed E-state index contributed by atoms with van der Waals surface area (Å²) in [6.07, 6.45) is 0.587. The summed E-state index contributed by atoms with van der Waals surface area (Å²) in [5.41, 5.74) is 2.69. The maximum absolute atomic E-state index is 13.5. The number of nitrogens with zero attached hydrogens (tertiary/aromatic N) is 1. The molecule has 0 saturated heterocycles. The van der Waals surface area contributed by atoms with Crippen LogP contribution in [0.3, 0.4) is 0 Å². The zero-order chi connectivity index (χ0) is 15.4. The number of hydrogen-bond acceptors (Lipinski definition) is 4. The molecule has 2 aromatic rings. The van der Waals surface area contributed by atoms with Crippen LogP contribution >= 0.6 is 0 Å². The highest BCUT2D eigenvalue weighted by atomic mass is 19.1. The first-order chi connectivity index (χ1) is 10.0. The van der Waals surface area contributed by atoms with E-state index >= 15 is 0 Å². The van der Waals surface area contributed by atoms with Crippen molar-refractivity contribution in [2.24, 2.45) is 5.84 Å². The van der Waals surface area contributed by atoms with E-state index in [1.807, 2.05) is 6.92 Å². The molecule has 110 valence electrons. The van der Waals surface area contributed by atoms with E-state index in [-0.39, 0.29) is 5.56 Å². The molecule has 4 N–H and O–H groups in total. The van der Waals surface area contributed by atoms with Gasteiger partial charge in [-0.05, 0) is 30.7 Å². The van der Waals surface area contributed by atoms with Crippen LogP contribution in [0, 0.1) is 11.6 Å². The van der Waals surface area contributed by atoms with Gasteiger partial charge in [0.25, 0.3) is 5.91 Å². The predicted octanol–water partition coefficient (Wildman–Crippen LogP) is 2.46. The van der Waals surface area contributed by atoms with Gasteiger partial charge < -0.3 is 10.7 Å². The summed E-state index contributed by atoms with van der Waals surface area (Å²) in [6, 6.07) is 6.28. The highest BCUT2D eigenvalue weighted by Crippen LogP contribution is 2.19. The van der Waals surface area contributed by atoms with E-state index in [1.54, 1.807) is 0 Å². The third-order valence-electron chi connectivity index (χ3n) is 2.85. The second-order valence-corrected chi connectivity index (χ2v) is 4.28. The van der Waals surface area contributed by atoms with E-state index in [0.29, 0.717) is 17.9 Å². The van der Waals surface area contributed by atoms with Gasteiger partial charge in [-0.25, -0.2) is 19.6 Å². The Morgan fingerprint density at radius 1 is 1.29 bits per heavy atom. The molecule has 0 aliphatic rings. The topological polar surface area (TPSA) is 80.0 Å². The Morgan fingerprint density at radius 3 is 2.52 bits per heavy atom. The molecule has 0 aliphatic heterocycles. The van der Waals surface area contributed by atoms with E-state index in [0.717, 1.165) is 12.1 Å². The number of anilines is 2. The normalized spacial score (nSPS) is 10.3. The smallest absolute Gasteiger partial charge is 0.256 e. The van der Waals surface area contributed by atoms with Gasteiger partial charge in [0.1, 0.15) is 23.1 Å². The van der Waals surface area contributed by atoms with Gasteiger partial charge in [-0.15, -0.1) is 0 Å². The minimum absolute atomic E-state index is 0.206. The number of rotatable bonds is 4. The summed E-state index contributed by atoms with van der Waals surface area (Å²) in [5.74, 6) is 3.25. The summed E-state index contributed by atoms with van der Waals surface area (Å²) in [5, 5.41) is 2.21. The molecule has 1 amide bonds. The zero-order valence-electron chi connectivity index (χ0n) is 11.3. The molecule has 1 heterocycles. The average Bonchev–Trinajstić information content (AvgIpc) is 2.50. The van der Waals surface area contributed by atoms with Gasteiger partial charge >= 0.3 is 0 Å². The van der Waals surface area contributed by atoms with Gasteiger partial charge in [-0.3, -0.25) is 4.79 Å². The van der Waals surface area contributed by atoms with Crippen molar-refractivity contribution in [3.05, 3.63) is 53.2 Å². The van der Waals surface area contributed by atoms with Crippen molar-refractivity contribution in [1.82, 2.24) is 4.98 Å². The van der Waals surface area contributed by atoms with Crippen molar-refractivity contribution < 1.29 is 13.6 Å². The monoisotopic (exact) mass is 292 g/mol. The summed E-state index contributed by atoms with van der Waals surface area (Å²) in [7, 11) is 0. The number of halogens is 2. The van der Waals surface area contributed by atoms with Crippen molar-refractivity contribution >= 4 is 17.4 Å². The largest absolute Gasteiger partial charge is 0.317 e. The first kappa shape index (κ1) is 14.9. The molecule has 0 saturated carbocycles. The SMILES string of the molecule is CCc1cc(C(=O)Nc2c(F)cccc2F)cc(NN)n1. The number of carbonyl (C=O) groups is 1. The maximum atomic E-state index is 13.5. The number of aryl methyl sites for hydroxylation is 1. The van der Waals surface area contributed by atoms with Crippen molar-refractivity contribution in [3.63, 3.8) is 0 Å². The Balaban J connectivity index is 2.32. The van der Waals surface area contributed by atoms with Crippen LogP contribution in [0.15, 0.2) is 30.3 Å². The molecular weight excluding hydrogens is 278 g/mol. The molecule has 0 fully saturated rings. The number of carbonyl (C=O) groups excluding carboxylic acids is 1. The Hall–Kier alpha value is -2.54. The van der Waals surface area contributed by atoms with Crippen molar-refractivity contribution in [2.45, 2.75) is 13.3 Å². The van der Waals surface area contributed by atoms with Crippen molar-refractivity contribution in [1.29, 1.82) is 0 Å². The van der Waals surface area contributed by atoms with Gasteiger partial charge in [-0.1, -0.05) is 13.0 Å². The first-order valence-corrected chi connectivity index (χ1v) is 6.28. The Labute approximate surface area is 120 Å². The predicted molar refractivity (Wildman–Crippen MR) is 75.7 cm³/mol. The fraction of sp³-hybridized carbons (Fsp3) is 0.143. The summed E-state index contributed by atoms with van der Waals surface area (Å²) < 4.78 is 27.0. The summed E-state index contributed by atoms with van der Waals surface area (Å²) >= 11 is 0. The fourth-order valence-corrected chi connectivity index (χ4v) is 1.78. The number of nitrogens with two attached hydrogens (primary N) is 1. The third-order valence-corrected chi connectivity index (χ3v) is 2.85. The highest BCUT2D eigenvalue weighted by molar-refractivity contribution is 6.04. The summed E-state index contributed by atoms with van der Waals surface area (Å²) in [6.45, 7) is 1.86. The molecule has 21 heavy (non-hydrogen) atoms. The van der Waals surface area contributed by atoms with Crippen molar-refractivity contribution in [2.75, 3.05) is 10.7 Å². The number of amides is 1. The van der Waals surface area contributed by atoms with E-state index < -0.39 is 23.2 Å². The first-order valence-electron chi connectivity index (χ1n) is 6.28. The van der Waals surface area contributed by atoms with Crippen LogP contribution in [0.1, 0.15) is 23.0 Å². The lowest BCUT2D eigenvalue weighted by molar-refractivity contribution is 0.102. The number of nitrogen functional groups attached to an aromatic ring is 1. The number of para-hydroxylation sites is 1. The van der Waals surface area contributed by atoms with Gasteiger partial charge in [0.05, 0.1) is 0 Å². The maximum Gasteiger partial charge on any atom is 0.256 e. The molecule has 2 rings (SSSR count). The van der Waals surface area contributed by atoms with Gasteiger partial charge in [0.15, 0.2) is 0 Å². The number of hydrazine groups is 1. The minimum atomic E-state index is -0.842. The highest BCUT2D eigenvalue weighted by Gasteiger charge is 2.14. The number of hydrogen-bond donors (Lipinski definition) is 3. The Kier molecular flexibility index (Phi) is 4.44. The van der Waals surface area contributed by atoms with Crippen LogP contribution in [0.4, 0.5) is 20.3 Å². The molecule has 0 spiro atoms.